The second kappa shape index (κ2) is 7.76. The summed E-state index contributed by atoms with van der Waals surface area (Å²) in [6, 6.07) is 7.26. The lowest BCUT2D eigenvalue weighted by Crippen LogP contribution is -2.38. The average Bonchev–Trinajstić information content (AvgIpc) is 2.44. The van der Waals surface area contributed by atoms with E-state index in [0.717, 1.165) is 12.8 Å². The summed E-state index contributed by atoms with van der Waals surface area (Å²) in [4.78, 5) is 22.7. The molecule has 0 aliphatic rings. The van der Waals surface area contributed by atoms with Crippen molar-refractivity contribution in [2.24, 2.45) is 0 Å². The van der Waals surface area contributed by atoms with Crippen molar-refractivity contribution in [3.63, 3.8) is 0 Å². The Morgan fingerprint density at radius 2 is 1.95 bits per heavy atom. The van der Waals surface area contributed by atoms with Crippen LogP contribution < -0.4 is 10.8 Å². The Kier molecular flexibility index (Phi) is 6.32. The van der Waals surface area contributed by atoms with E-state index in [4.69, 9.17) is 16.8 Å². The van der Waals surface area contributed by atoms with Crippen LogP contribution in [-0.4, -0.2) is 28.9 Å². The van der Waals surface area contributed by atoms with Crippen LogP contribution in [0.1, 0.15) is 29.3 Å². The molecule has 0 saturated heterocycles. The minimum absolute atomic E-state index is 0.0521. The molecule has 1 rings (SSSR count). The van der Waals surface area contributed by atoms with Gasteiger partial charge in [-0.25, -0.2) is 5.48 Å². The summed E-state index contributed by atoms with van der Waals surface area (Å²) in [7, 11) is 0. The Morgan fingerprint density at radius 3 is 2.47 bits per heavy atom. The Labute approximate surface area is 116 Å². The predicted octanol–water partition coefficient (Wildman–Crippen LogP) is 1.48. The summed E-state index contributed by atoms with van der Waals surface area (Å²) in [6.45, 7) is 2.04. The molecule has 3 N–H and O–H groups in total. The van der Waals surface area contributed by atoms with E-state index in [1.807, 2.05) is 12.1 Å². The maximum absolute atomic E-state index is 11.8. The molecule has 0 bridgehead atoms. The average molecular weight is 285 g/mol. The van der Waals surface area contributed by atoms with Gasteiger partial charge in [-0.2, -0.15) is 0 Å². The van der Waals surface area contributed by atoms with Crippen LogP contribution in [0.5, 0.6) is 0 Å². The number of carbonyl (C=O) groups is 2. The molecule has 1 unspecified atom stereocenters. The van der Waals surface area contributed by atoms with Crippen molar-refractivity contribution >= 4 is 23.4 Å². The zero-order valence-corrected chi connectivity index (χ0v) is 11.4. The van der Waals surface area contributed by atoms with Crippen LogP contribution in [0.15, 0.2) is 24.3 Å². The van der Waals surface area contributed by atoms with Crippen LogP contribution in [0.25, 0.3) is 0 Å². The van der Waals surface area contributed by atoms with Crippen molar-refractivity contribution in [3.05, 3.63) is 35.4 Å². The molecule has 0 heterocycles. The van der Waals surface area contributed by atoms with Crippen molar-refractivity contribution in [1.29, 1.82) is 0 Å². The highest BCUT2D eigenvalue weighted by atomic mass is 35.5. The van der Waals surface area contributed by atoms with Gasteiger partial charge in [0, 0.05) is 12.1 Å². The number of rotatable bonds is 6. The fraction of sp³-hybridized carbons (Fsp3) is 0.385. The van der Waals surface area contributed by atoms with Crippen molar-refractivity contribution in [2.75, 3.05) is 6.54 Å². The summed E-state index contributed by atoms with van der Waals surface area (Å²) in [5.41, 5.74) is 3.11. The summed E-state index contributed by atoms with van der Waals surface area (Å²) in [6.07, 6.45) is 2.03. The molecule has 0 saturated carbocycles. The Hall–Kier alpha value is -1.59. The van der Waals surface area contributed by atoms with Gasteiger partial charge in [0.25, 0.3) is 11.8 Å². The van der Waals surface area contributed by atoms with Crippen LogP contribution in [0.3, 0.4) is 0 Å². The normalized spacial score (nSPS) is 11.7. The van der Waals surface area contributed by atoms with Gasteiger partial charge in [0.05, 0.1) is 0 Å². The fourth-order valence-electron chi connectivity index (χ4n) is 1.56. The molecule has 6 heteroatoms. The zero-order valence-electron chi connectivity index (χ0n) is 10.6. The van der Waals surface area contributed by atoms with Crippen LogP contribution in [-0.2, 0) is 11.2 Å². The second-order valence-electron chi connectivity index (χ2n) is 4.10. The third-order valence-electron chi connectivity index (χ3n) is 2.59. The number of benzene rings is 1. The minimum Gasteiger partial charge on any atom is -0.350 e. The van der Waals surface area contributed by atoms with Gasteiger partial charge in [-0.3, -0.25) is 14.8 Å². The van der Waals surface area contributed by atoms with Gasteiger partial charge in [-0.1, -0.05) is 25.5 Å². The molecule has 104 valence electrons. The molecule has 19 heavy (non-hydrogen) atoms. The number of nitrogens with one attached hydrogen (secondary N) is 2. The number of alkyl halides is 1. The Balaban J connectivity index is 2.51. The van der Waals surface area contributed by atoms with Gasteiger partial charge >= 0.3 is 0 Å². The van der Waals surface area contributed by atoms with Gasteiger partial charge in [0.2, 0.25) is 0 Å². The van der Waals surface area contributed by atoms with E-state index >= 15 is 0 Å². The molecule has 0 fully saturated rings. The van der Waals surface area contributed by atoms with Crippen molar-refractivity contribution in [1.82, 2.24) is 10.8 Å². The topological polar surface area (TPSA) is 78.4 Å². The van der Waals surface area contributed by atoms with Crippen molar-refractivity contribution < 1.29 is 14.8 Å². The number of aryl methyl sites for hydroxylation is 1. The van der Waals surface area contributed by atoms with Crippen LogP contribution in [0.4, 0.5) is 0 Å². The number of hydrogen-bond acceptors (Lipinski definition) is 3. The number of carbonyl (C=O) groups excluding carboxylic acids is 2. The summed E-state index contributed by atoms with van der Waals surface area (Å²) in [5, 5.41) is 9.89. The minimum atomic E-state index is -1.01. The van der Waals surface area contributed by atoms with Gasteiger partial charge in [0.15, 0.2) is 0 Å². The summed E-state index contributed by atoms with van der Waals surface area (Å²) in [5.74, 6) is -1.06. The molecular weight excluding hydrogens is 268 g/mol. The maximum Gasteiger partial charge on any atom is 0.263 e. The first-order valence-electron chi connectivity index (χ1n) is 6.03. The highest BCUT2D eigenvalue weighted by molar-refractivity contribution is 6.31. The maximum atomic E-state index is 11.8. The lowest BCUT2D eigenvalue weighted by molar-refractivity contribution is -0.128. The highest BCUT2D eigenvalue weighted by Crippen LogP contribution is 2.06. The third-order valence-corrected chi connectivity index (χ3v) is 2.94. The van der Waals surface area contributed by atoms with Crippen molar-refractivity contribution in [3.8, 4) is 0 Å². The van der Waals surface area contributed by atoms with Crippen molar-refractivity contribution in [2.45, 2.75) is 25.1 Å². The SMILES string of the molecule is CCCc1ccc(C(=O)NCC(Cl)C(=O)NO)cc1. The molecule has 2 amide bonds. The Morgan fingerprint density at radius 1 is 1.32 bits per heavy atom. The first kappa shape index (κ1) is 15.5. The standard InChI is InChI=1S/C13H17ClN2O3/c1-2-3-9-4-6-10(7-5-9)12(17)15-8-11(14)13(18)16-19/h4-7,11,19H,2-3,8H2,1H3,(H,15,17)(H,16,18). The first-order chi connectivity index (χ1) is 9.08. The molecule has 0 spiro atoms. The van der Waals surface area contributed by atoms with E-state index in [0.29, 0.717) is 5.56 Å². The number of amides is 2. The number of hydrogen-bond donors (Lipinski definition) is 3. The van der Waals surface area contributed by atoms with E-state index in [1.54, 1.807) is 12.1 Å². The molecule has 5 nitrogen and oxygen atoms in total. The monoisotopic (exact) mass is 284 g/mol. The lowest BCUT2D eigenvalue weighted by atomic mass is 10.1. The smallest absolute Gasteiger partial charge is 0.263 e. The molecular formula is C13H17ClN2O3. The Bertz CT molecular complexity index is 434. The molecule has 1 atom stereocenters. The lowest BCUT2D eigenvalue weighted by Gasteiger charge is -2.09. The van der Waals surface area contributed by atoms with Crippen LogP contribution in [0.2, 0.25) is 0 Å². The van der Waals surface area contributed by atoms with Gasteiger partial charge in [-0.05, 0) is 24.1 Å². The number of halogens is 1. The molecule has 0 radical (unpaired) electrons. The highest BCUT2D eigenvalue weighted by Gasteiger charge is 2.15. The quantitative estimate of drug-likeness (QED) is 0.421. The number of hydroxylamine groups is 1. The fourth-order valence-corrected chi connectivity index (χ4v) is 1.68. The first-order valence-corrected chi connectivity index (χ1v) is 6.47. The van der Waals surface area contributed by atoms with E-state index in [9.17, 15) is 9.59 Å². The van der Waals surface area contributed by atoms with E-state index in [1.165, 1.54) is 11.0 Å². The largest absolute Gasteiger partial charge is 0.350 e. The summed E-state index contributed by atoms with van der Waals surface area (Å²) < 4.78 is 0. The van der Waals surface area contributed by atoms with Gasteiger partial charge in [0.1, 0.15) is 5.38 Å². The predicted molar refractivity (Wildman–Crippen MR) is 72.3 cm³/mol. The summed E-state index contributed by atoms with van der Waals surface area (Å²) >= 11 is 5.64. The van der Waals surface area contributed by atoms with E-state index < -0.39 is 11.3 Å². The molecule has 0 aliphatic heterocycles. The van der Waals surface area contributed by atoms with Gasteiger partial charge in [-0.15, -0.1) is 11.6 Å². The molecule has 0 aliphatic carbocycles. The molecule has 1 aromatic rings. The van der Waals surface area contributed by atoms with Crippen LogP contribution >= 0.6 is 11.6 Å². The second-order valence-corrected chi connectivity index (χ2v) is 4.63. The van der Waals surface area contributed by atoms with E-state index in [2.05, 4.69) is 12.2 Å². The van der Waals surface area contributed by atoms with E-state index in [-0.39, 0.29) is 12.5 Å². The zero-order chi connectivity index (χ0) is 14.3. The molecule has 1 aromatic carbocycles. The molecule has 0 aromatic heterocycles. The van der Waals surface area contributed by atoms with Crippen LogP contribution in [0, 0.1) is 0 Å². The van der Waals surface area contributed by atoms with Gasteiger partial charge < -0.3 is 5.32 Å². The third kappa shape index (κ3) is 4.89.